The van der Waals surface area contributed by atoms with Gasteiger partial charge in [-0.15, -0.1) is 11.3 Å². The number of halogens is 1. The van der Waals surface area contributed by atoms with E-state index in [-0.39, 0.29) is 0 Å². The summed E-state index contributed by atoms with van der Waals surface area (Å²) in [6, 6.07) is 10.4. The van der Waals surface area contributed by atoms with Crippen molar-refractivity contribution in [3.8, 4) is 5.75 Å². The Kier molecular flexibility index (Phi) is 6.70. The largest absolute Gasteiger partial charge is 0.497 e. The van der Waals surface area contributed by atoms with Gasteiger partial charge < -0.3 is 15.0 Å². The Hall–Kier alpha value is -0.880. The number of thiophene rings is 1. The fourth-order valence-electron chi connectivity index (χ4n) is 2.05. The second-order valence-corrected chi connectivity index (χ2v) is 6.91. The Bertz CT molecular complexity index is 541. The number of ether oxygens (including phenoxy) is 1. The van der Waals surface area contributed by atoms with Crippen LogP contribution in [0.25, 0.3) is 0 Å². The Balaban J connectivity index is 1.65. The standard InChI is InChI=1S/C16H21BrN2OS/c1-19(11-13-3-5-15(20-2)6-4-13)8-7-18-10-16-9-14(17)12-21-16/h3-6,9,12,18H,7-8,10-11H2,1-2H3. The van der Waals surface area contributed by atoms with Crippen LogP contribution in [0.2, 0.25) is 0 Å². The van der Waals surface area contributed by atoms with Crippen molar-refractivity contribution in [2.45, 2.75) is 13.1 Å². The lowest BCUT2D eigenvalue weighted by atomic mass is 10.2. The topological polar surface area (TPSA) is 24.5 Å². The van der Waals surface area contributed by atoms with Gasteiger partial charge in [0.15, 0.2) is 0 Å². The number of nitrogens with zero attached hydrogens (tertiary/aromatic N) is 1. The molecule has 0 aliphatic rings. The van der Waals surface area contributed by atoms with E-state index in [1.54, 1.807) is 18.4 Å². The maximum Gasteiger partial charge on any atom is 0.118 e. The summed E-state index contributed by atoms with van der Waals surface area (Å²) >= 11 is 5.26. The first-order valence-electron chi connectivity index (χ1n) is 6.92. The molecule has 0 atom stereocenters. The molecule has 0 spiro atoms. The first kappa shape index (κ1) is 16.5. The molecule has 0 radical (unpaired) electrons. The normalized spacial score (nSPS) is 11.0. The summed E-state index contributed by atoms with van der Waals surface area (Å²) < 4.78 is 6.34. The Morgan fingerprint density at radius 3 is 2.67 bits per heavy atom. The van der Waals surface area contributed by atoms with E-state index < -0.39 is 0 Å². The molecule has 3 nitrogen and oxygen atoms in total. The van der Waals surface area contributed by atoms with E-state index in [0.29, 0.717) is 0 Å². The molecular formula is C16H21BrN2OS. The van der Waals surface area contributed by atoms with Crippen LogP contribution in [0.15, 0.2) is 40.2 Å². The van der Waals surface area contributed by atoms with Crippen molar-refractivity contribution >= 4 is 27.3 Å². The first-order chi connectivity index (χ1) is 10.2. The van der Waals surface area contributed by atoms with Crippen molar-refractivity contribution in [1.82, 2.24) is 10.2 Å². The minimum absolute atomic E-state index is 0.908. The summed E-state index contributed by atoms with van der Waals surface area (Å²) in [5.74, 6) is 0.908. The molecule has 2 aromatic rings. The second kappa shape index (κ2) is 8.54. The minimum Gasteiger partial charge on any atom is -0.497 e. The third kappa shape index (κ3) is 5.79. The lowest BCUT2D eigenvalue weighted by Gasteiger charge is -2.17. The minimum atomic E-state index is 0.908. The van der Waals surface area contributed by atoms with Crippen LogP contribution < -0.4 is 10.1 Å². The van der Waals surface area contributed by atoms with E-state index >= 15 is 0 Å². The summed E-state index contributed by atoms with van der Waals surface area (Å²) in [5.41, 5.74) is 1.31. The maximum absolute atomic E-state index is 5.17. The zero-order valence-corrected chi connectivity index (χ0v) is 14.8. The average Bonchev–Trinajstić information content (AvgIpc) is 2.90. The van der Waals surface area contributed by atoms with Crippen LogP contribution >= 0.6 is 27.3 Å². The Labute approximate surface area is 139 Å². The van der Waals surface area contributed by atoms with Gasteiger partial charge in [-0.3, -0.25) is 0 Å². The third-order valence-electron chi connectivity index (χ3n) is 3.20. The molecule has 0 amide bonds. The third-order valence-corrected chi connectivity index (χ3v) is 4.90. The van der Waals surface area contributed by atoms with Crippen molar-refractivity contribution < 1.29 is 4.74 Å². The number of benzene rings is 1. The van der Waals surface area contributed by atoms with Crippen LogP contribution in [-0.4, -0.2) is 32.1 Å². The van der Waals surface area contributed by atoms with E-state index in [0.717, 1.165) is 31.9 Å². The fourth-order valence-corrected chi connectivity index (χ4v) is 3.47. The smallest absolute Gasteiger partial charge is 0.118 e. The molecule has 21 heavy (non-hydrogen) atoms. The van der Waals surface area contributed by atoms with E-state index in [1.165, 1.54) is 14.9 Å². The second-order valence-electron chi connectivity index (χ2n) is 4.99. The van der Waals surface area contributed by atoms with Crippen LogP contribution in [0, 0.1) is 0 Å². The SMILES string of the molecule is COc1ccc(CN(C)CCNCc2cc(Br)cs2)cc1. The molecule has 0 aliphatic carbocycles. The fraction of sp³-hybridized carbons (Fsp3) is 0.375. The van der Waals surface area contributed by atoms with Crippen molar-refractivity contribution in [2.75, 3.05) is 27.2 Å². The summed E-state index contributed by atoms with van der Waals surface area (Å²) in [7, 11) is 3.84. The van der Waals surface area contributed by atoms with Crippen molar-refractivity contribution in [3.63, 3.8) is 0 Å². The van der Waals surface area contributed by atoms with Crippen molar-refractivity contribution in [1.29, 1.82) is 0 Å². The zero-order chi connectivity index (χ0) is 15.1. The van der Waals surface area contributed by atoms with Crippen LogP contribution in [0.4, 0.5) is 0 Å². The number of methoxy groups -OCH3 is 1. The lowest BCUT2D eigenvalue weighted by Crippen LogP contribution is -2.28. The van der Waals surface area contributed by atoms with Gasteiger partial charge in [0.25, 0.3) is 0 Å². The summed E-state index contributed by atoms with van der Waals surface area (Å²) in [5, 5.41) is 5.60. The molecule has 0 saturated heterocycles. The molecule has 1 N–H and O–H groups in total. The molecule has 1 aromatic carbocycles. The van der Waals surface area contributed by atoms with Gasteiger partial charge in [-0.1, -0.05) is 12.1 Å². The number of hydrogen-bond donors (Lipinski definition) is 1. The molecule has 1 aromatic heterocycles. The van der Waals surface area contributed by atoms with Crippen molar-refractivity contribution in [2.24, 2.45) is 0 Å². The van der Waals surface area contributed by atoms with Crippen LogP contribution in [0.1, 0.15) is 10.4 Å². The highest BCUT2D eigenvalue weighted by molar-refractivity contribution is 9.10. The number of rotatable bonds is 8. The predicted octanol–water partition coefficient (Wildman–Crippen LogP) is 3.74. The summed E-state index contributed by atoms with van der Waals surface area (Å²) in [4.78, 5) is 3.68. The molecule has 0 bridgehead atoms. The van der Waals surface area contributed by atoms with Crippen LogP contribution in [0.3, 0.4) is 0 Å². The molecule has 0 unspecified atom stereocenters. The first-order valence-corrected chi connectivity index (χ1v) is 8.60. The van der Waals surface area contributed by atoms with Crippen molar-refractivity contribution in [3.05, 3.63) is 50.6 Å². The van der Waals surface area contributed by atoms with Gasteiger partial charge in [-0.2, -0.15) is 0 Å². The van der Waals surface area contributed by atoms with Crippen LogP contribution in [0.5, 0.6) is 5.75 Å². The molecule has 1 heterocycles. The molecule has 2 rings (SSSR count). The highest BCUT2D eigenvalue weighted by Crippen LogP contribution is 2.19. The van der Waals surface area contributed by atoms with Gasteiger partial charge in [0.05, 0.1) is 7.11 Å². The number of likely N-dealkylation sites (N-methyl/N-ethyl adjacent to an activating group) is 1. The quantitative estimate of drug-likeness (QED) is 0.718. The highest BCUT2D eigenvalue weighted by Gasteiger charge is 2.01. The molecule has 114 valence electrons. The maximum atomic E-state index is 5.17. The highest BCUT2D eigenvalue weighted by atomic mass is 79.9. The van der Waals surface area contributed by atoms with Gasteiger partial charge in [-0.05, 0) is 46.7 Å². The van der Waals surface area contributed by atoms with E-state index in [2.05, 4.69) is 56.8 Å². The predicted molar refractivity (Wildman–Crippen MR) is 93.1 cm³/mol. The molecule has 0 saturated carbocycles. The van der Waals surface area contributed by atoms with E-state index in [1.807, 2.05) is 12.1 Å². The Morgan fingerprint density at radius 2 is 2.05 bits per heavy atom. The molecule has 0 aliphatic heterocycles. The molecule has 0 fully saturated rings. The summed E-state index contributed by atoms with van der Waals surface area (Å²) in [6.07, 6.45) is 0. The lowest BCUT2D eigenvalue weighted by molar-refractivity contribution is 0.324. The number of nitrogens with one attached hydrogen (secondary N) is 1. The Morgan fingerprint density at radius 1 is 1.29 bits per heavy atom. The van der Waals surface area contributed by atoms with Gasteiger partial charge in [0, 0.05) is 40.9 Å². The molecular weight excluding hydrogens is 348 g/mol. The van der Waals surface area contributed by atoms with E-state index in [4.69, 9.17) is 4.74 Å². The van der Waals surface area contributed by atoms with Gasteiger partial charge in [-0.25, -0.2) is 0 Å². The van der Waals surface area contributed by atoms with Gasteiger partial charge in [0.1, 0.15) is 5.75 Å². The number of hydrogen-bond acceptors (Lipinski definition) is 4. The summed E-state index contributed by atoms with van der Waals surface area (Å²) in [6.45, 7) is 3.91. The average molecular weight is 369 g/mol. The monoisotopic (exact) mass is 368 g/mol. The van der Waals surface area contributed by atoms with Gasteiger partial charge in [0.2, 0.25) is 0 Å². The zero-order valence-electron chi connectivity index (χ0n) is 12.4. The van der Waals surface area contributed by atoms with Gasteiger partial charge >= 0.3 is 0 Å². The van der Waals surface area contributed by atoms with Crippen LogP contribution in [-0.2, 0) is 13.1 Å². The van der Waals surface area contributed by atoms with E-state index in [9.17, 15) is 0 Å². The molecule has 5 heteroatoms.